The molecular formula is C25H21N3O2S. The van der Waals surface area contributed by atoms with Crippen LogP contribution in [0.2, 0.25) is 0 Å². The van der Waals surface area contributed by atoms with Gasteiger partial charge in [-0.3, -0.25) is 14.2 Å². The highest BCUT2D eigenvalue weighted by atomic mass is 32.2. The number of hydrogen-bond acceptors (Lipinski definition) is 4. The lowest BCUT2D eigenvalue weighted by Crippen LogP contribution is -2.29. The predicted octanol–water partition coefficient (Wildman–Crippen LogP) is 4.46. The average Bonchev–Trinajstić information content (AvgIpc) is 3.24. The topological polar surface area (TPSA) is 55.2 Å². The van der Waals surface area contributed by atoms with Crippen LogP contribution < -0.4 is 10.5 Å². The first-order valence-electron chi connectivity index (χ1n) is 10.3. The Morgan fingerprint density at radius 2 is 1.68 bits per heavy atom. The van der Waals surface area contributed by atoms with E-state index >= 15 is 0 Å². The molecule has 6 heteroatoms. The standard InChI is InChI=1S/C25H21N3O2S/c29-23(27-16-14-18-8-4-7-13-22(18)27)15-17-31-25-26-21-12-6-5-11-20(21)24(30)28(25)19-9-2-1-3-10-19/h1-13H,14-17H2. The molecule has 3 aromatic carbocycles. The highest BCUT2D eigenvalue weighted by molar-refractivity contribution is 7.99. The van der Waals surface area contributed by atoms with Crippen LogP contribution in [-0.4, -0.2) is 27.8 Å². The fraction of sp³-hybridized carbons (Fsp3) is 0.160. The van der Waals surface area contributed by atoms with E-state index in [2.05, 4.69) is 6.07 Å². The van der Waals surface area contributed by atoms with Gasteiger partial charge in [0.05, 0.1) is 16.6 Å². The number of nitrogens with zero attached hydrogens (tertiary/aromatic N) is 3. The number of benzene rings is 3. The molecule has 0 atom stereocenters. The van der Waals surface area contributed by atoms with E-state index in [1.165, 1.54) is 17.3 Å². The van der Waals surface area contributed by atoms with Crippen LogP contribution in [0.4, 0.5) is 5.69 Å². The molecule has 0 N–H and O–H groups in total. The molecule has 0 fully saturated rings. The summed E-state index contributed by atoms with van der Waals surface area (Å²) >= 11 is 1.44. The highest BCUT2D eigenvalue weighted by Gasteiger charge is 2.24. The second-order valence-corrected chi connectivity index (χ2v) is 8.47. The SMILES string of the molecule is O=C(CCSc1nc2ccccc2c(=O)n1-c1ccccc1)N1CCc2ccccc21. The maximum atomic E-state index is 13.2. The van der Waals surface area contributed by atoms with Crippen molar-refractivity contribution >= 4 is 34.3 Å². The number of amides is 1. The number of rotatable bonds is 5. The Kier molecular flexibility index (Phi) is 5.30. The molecule has 4 aromatic rings. The summed E-state index contributed by atoms with van der Waals surface area (Å²) in [6, 6.07) is 25.0. The van der Waals surface area contributed by atoms with Gasteiger partial charge < -0.3 is 4.90 Å². The van der Waals surface area contributed by atoms with E-state index in [0.717, 1.165) is 24.3 Å². The van der Waals surface area contributed by atoms with Crippen molar-refractivity contribution < 1.29 is 4.79 Å². The van der Waals surface area contributed by atoms with Crippen LogP contribution in [0.3, 0.4) is 0 Å². The normalized spacial score (nSPS) is 12.8. The van der Waals surface area contributed by atoms with E-state index in [4.69, 9.17) is 4.98 Å². The summed E-state index contributed by atoms with van der Waals surface area (Å²) in [5.74, 6) is 0.654. The van der Waals surface area contributed by atoms with E-state index in [1.807, 2.05) is 71.6 Å². The Labute approximate surface area is 184 Å². The number of para-hydroxylation sites is 3. The molecule has 1 aliphatic rings. The van der Waals surface area contributed by atoms with Gasteiger partial charge in [-0.15, -0.1) is 0 Å². The van der Waals surface area contributed by atoms with Crippen molar-refractivity contribution in [3.63, 3.8) is 0 Å². The van der Waals surface area contributed by atoms with Gasteiger partial charge in [-0.2, -0.15) is 0 Å². The molecular weight excluding hydrogens is 406 g/mol. The number of thioether (sulfide) groups is 1. The van der Waals surface area contributed by atoms with Gasteiger partial charge in [-0.25, -0.2) is 4.98 Å². The number of carbonyl (C=O) groups excluding carboxylic acids is 1. The third-order valence-corrected chi connectivity index (χ3v) is 6.43. The van der Waals surface area contributed by atoms with E-state index in [1.54, 1.807) is 10.6 Å². The van der Waals surface area contributed by atoms with Crippen LogP contribution >= 0.6 is 11.8 Å². The van der Waals surface area contributed by atoms with Crippen molar-refractivity contribution in [3.05, 3.63) is 94.8 Å². The lowest BCUT2D eigenvalue weighted by atomic mass is 10.2. The molecule has 0 saturated heterocycles. The van der Waals surface area contributed by atoms with Gasteiger partial charge in [0.25, 0.3) is 5.56 Å². The molecule has 1 aromatic heterocycles. The lowest BCUT2D eigenvalue weighted by Gasteiger charge is -2.17. The fourth-order valence-electron chi connectivity index (χ4n) is 3.98. The van der Waals surface area contributed by atoms with Crippen molar-refractivity contribution in [2.45, 2.75) is 18.0 Å². The minimum absolute atomic E-state index is 0.0981. The summed E-state index contributed by atoms with van der Waals surface area (Å²) in [6.07, 6.45) is 1.28. The summed E-state index contributed by atoms with van der Waals surface area (Å²) in [6.45, 7) is 0.728. The van der Waals surface area contributed by atoms with Crippen molar-refractivity contribution in [2.75, 3.05) is 17.2 Å². The van der Waals surface area contributed by atoms with Crippen molar-refractivity contribution in [1.82, 2.24) is 9.55 Å². The number of carbonyl (C=O) groups is 1. The van der Waals surface area contributed by atoms with Gasteiger partial charge >= 0.3 is 0 Å². The quantitative estimate of drug-likeness (QED) is 0.349. The third kappa shape index (κ3) is 3.75. The molecule has 0 spiro atoms. The maximum Gasteiger partial charge on any atom is 0.266 e. The average molecular weight is 428 g/mol. The molecule has 2 heterocycles. The molecule has 1 aliphatic heterocycles. The fourth-order valence-corrected chi connectivity index (χ4v) is 4.92. The zero-order valence-corrected chi connectivity index (χ0v) is 17.7. The summed E-state index contributed by atoms with van der Waals surface area (Å²) in [7, 11) is 0. The summed E-state index contributed by atoms with van der Waals surface area (Å²) < 4.78 is 1.64. The van der Waals surface area contributed by atoms with Gasteiger partial charge in [0.15, 0.2) is 5.16 Å². The Morgan fingerprint density at radius 3 is 2.55 bits per heavy atom. The van der Waals surface area contributed by atoms with Crippen molar-refractivity contribution in [1.29, 1.82) is 0 Å². The monoisotopic (exact) mass is 427 g/mol. The Bertz CT molecular complexity index is 1320. The zero-order chi connectivity index (χ0) is 21.2. The number of aromatic nitrogens is 2. The molecule has 0 unspecified atom stereocenters. The molecule has 0 aliphatic carbocycles. The zero-order valence-electron chi connectivity index (χ0n) is 16.9. The van der Waals surface area contributed by atoms with Crippen LogP contribution in [0.1, 0.15) is 12.0 Å². The van der Waals surface area contributed by atoms with E-state index in [9.17, 15) is 9.59 Å². The largest absolute Gasteiger partial charge is 0.312 e. The first-order chi connectivity index (χ1) is 15.2. The van der Waals surface area contributed by atoms with Crippen LogP contribution in [-0.2, 0) is 11.2 Å². The highest BCUT2D eigenvalue weighted by Crippen LogP contribution is 2.29. The van der Waals surface area contributed by atoms with Gasteiger partial charge in [-0.1, -0.05) is 60.3 Å². The smallest absolute Gasteiger partial charge is 0.266 e. The van der Waals surface area contributed by atoms with E-state index in [0.29, 0.717) is 28.2 Å². The Balaban J connectivity index is 1.40. The van der Waals surface area contributed by atoms with Crippen LogP contribution in [0.25, 0.3) is 16.6 Å². The minimum atomic E-state index is -0.0981. The van der Waals surface area contributed by atoms with Gasteiger partial charge in [0.2, 0.25) is 5.91 Å². The van der Waals surface area contributed by atoms with Crippen LogP contribution in [0.15, 0.2) is 88.8 Å². The molecule has 1 amide bonds. The molecule has 0 radical (unpaired) electrons. The van der Waals surface area contributed by atoms with E-state index in [-0.39, 0.29) is 11.5 Å². The molecule has 5 rings (SSSR count). The Morgan fingerprint density at radius 1 is 0.935 bits per heavy atom. The van der Waals surface area contributed by atoms with Gasteiger partial charge in [0, 0.05) is 24.4 Å². The minimum Gasteiger partial charge on any atom is -0.312 e. The number of anilines is 1. The molecule has 0 bridgehead atoms. The summed E-state index contributed by atoms with van der Waals surface area (Å²) in [5.41, 5.74) is 3.58. The number of hydrogen-bond donors (Lipinski definition) is 0. The second kappa shape index (κ2) is 8.40. The molecule has 0 saturated carbocycles. The summed E-state index contributed by atoms with van der Waals surface area (Å²) in [5, 5.41) is 1.19. The Hall–Kier alpha value is -3.38. The lowest BCUT2D eigenvalue weighted by molar-refractivity contribution is -0.118. The first-order valence-corrected chi connectivity index (χ1v) is 11.3. The van der Waals surface area contributed by atoms with Gasteiger partial charge in [0.1, 0.15) is 0 Å². The maximum absolute atomic E-state index is 13.2. The first kappa shape index (κ1) is 19.6. The van der Waals surface area contributed by atoms with Gasteiger partial charge in [-0.05, 0) is 42.3 Å². The molecule has 154 valence electrons. The van der Waals surface area contributed by atoms with E-state index < -0.39 is 0 Å². The molecule has 31 heavy (non-hydrogen) atoms. The third-order valence-electron chi connectivity index (χ3n) is 5.49. The van der Waals surface area contributed by atoms with Crippen LogP contribution in [0, 0.1) is 0 Å². The van der Waals surface area contributed by atoms with Crippen molar-refractivity contribution in [3.8, 4) is 5.69 Å². The second-order valence-electron chi connectivity index (χ2n) is 7.41. The summed E-state index contributed by atoms with van der Waals surface area (Å²) in [4.78, 5) is 32.7. The van der Waals surface area contributed by atoms with Crippen LogP contribution in [0.5, 0.6) is 0 Å². The van der Waals surface area contributed by atoms with Crippen molar-refractivity contribution in [2.24, 2.45) is 0 Å². The molecule has 5 nitrogen and oxygen atoms in total. The predicted molar refractivity (Wildman–Crippen MR) is 125 cm³/mol. The number of fused-ring (bicyclic) bond motifs is 2.